The van der Waals surface area contributed by atoms with E-state index in [9.17, 15) is 9.90 Å². The highest BCUT2D eigenvalue weighted by Crippen LogP contribution is 2.30. The van der Waals surface area contributed by atoms with E-state index in [1.54, 1.807) is 13.8 Å². The Morgan fingerprint density at radius 2 is 1.52 bits per heavy atom. The van der Waals surface area contributed by atoms with Crippen LogP contribution in [0.25, 0.3) is 0 Å². The van der Waals surface area contributed by atoms with Gasteiger partial charge < -0.3 is 9.84 Å². The number of nitrogens with zero attached hydrogens (tertiary/aromatic N) is 1. The van der Waals surface area contributed by atoms with E-state index in [1.165, 1.54) is 12.3 Å². The molecule has 1 aliphatic rings. The highest BCUT2D eigenvalue weighted by atomic mass is 16.5. The predicted octanol–water partition coefficient (Wildman–Crippen LogP) is 3.47. The van der Waals surface area contributed by atoms with Crippen LogP contribution in [0, 0.1) is 0 Å². The van der Waals surface area contributed by atoms with Crippen LogP contribution in [0.3, 0.4) is 0 Å². The summed E-state index contributed by atoms with van der Waals surface area (Å²) >= 11 is 0. The van der Waals surface area contributed by atoms with Gasteiger partial charge in [-0.1, -0.05) is 60.7 Å². The van der Waals surface area contributed by atoms with Gasteiger partial charge in [0, 0.05) is 12.3 Å². The maximum atomic E-state index is 12.4. The first kappa shape index (κ1) is 17.3. The summed E-state index contributed by atoms with van der Waals surface area (Å²) in [5, 5.41) is 10.4. The second kappa shape index (κ2) is 7.13. The zero-order valence-electron chi connectivity index (χ0n) is 14.3. The topological polar surface area (TPSA) is 58.9 Å². The van der Waals surface area contributed by atoms with Crippen LogP contribution in [0.15, 0.2) is 77.9 Å². The Kier molecular flexibility index (Phi) is 4.93. The number of hydrogen-bond acceptors (Lipinski definition) is 4. The smallest absolute Gasteiger partial charge is 0.191 e. The van der Waals surface area contributed by atoms with E-state index < -0.39 is 17.8 Å². The first-order valence-electron chi connectivity index (χ1n) is 8.23. The van der Waals surface area contributed by atoms with E-state index >= 15 is 0 Å². The Bertz CT molecular complexity index is 749. The average molecular weight is 335 g/mol. The molecule has 0 amide bonds. The Labute approximate surface area is 147 Å². The van der Waals surface area contributed by atoms with Gasteiger partial charge in [-0.3, -0.25) is 9.79 Å². The van der Waals surface area contributed by atoms with E-state index in [1.807, 2.05) is 60.7 Å². The molecule has 0 saturated heterocycles. The second-order valence-corrected chi connectivity index (χ2v) is 6.51. The molecule has 1 atom stereocenters. The lowest BCUT2D eigenvalue weighted by molar-refractivity contribution is -0.124. The third-order valence-electron chi connectivity index (χ3n) is 4.06. The van der Waals surface area contributed by atoms with Gasteiger partial charge in [-0.2, -0.15) is 0 Å². The molecule has 1 heterocycles. The predicted molar refractivity (Wildman–Crippen MR) is 97.5 cm³/mol. The fourth-order valence-corrected chi connectivity index (χ4v) is 2.83. The molecule has 0 aromatic heterocycles. The van der Waals surface area contributed by atoms with Crippen molar-refractivity contribution in [2.45, 2.75) is 31.7 Å². The molecule has 1 aliphatic heterocycles. The summed E-state index contributed by atoms with van der Waals surface area (Å²) in [6.07, 6.45) is 1.44. The summed E-state index contributed by atoms with van der Waals surface area (Å²) in [6.45, 7) is 3.21. The molecule has 3 rings (SSSR count). The van der Waals surface area contributed by atoms with Crippen molar-refractivity contribution in [3.8, 4) is 0 Å². The molecule has 0 aliphatic carbocycles. The second-order valence-electron chi connectivity index (χ2n) is 6.51. The molecule has 4 heteroatoms. The van der Waals surface area contributed by atoms with E-state index in [2.05, 4.69) is 4.99 Å². The quantitative estimate of drug-likeness (QED) is 0.910. The van der Waals surface area contributed by atoms with Gasteiger partial charge in [0.2, 0.25) is 0 Å². The molecular formula is C21H21NO3. The summed E-state index contributed by atoms with van der Waals surface area (Å²) < 4.78 is 6.22. The third-order valence-corrected chi connectivity index (χ3v) is 4.06. The summed E-state index contributed by atoms with van der Waals surface area (Å²) in [7, 11) is 0. The molecular weight excluding hydrogens is 314 g/mol. The number of aliphatic hydroxyl groups is 1. The Morgan fingerprint density at radius 3 is 2.00 bits per heavy atom. The largest absolute Gasteiger partial charge is 0.384 e. The third kappa shape index (κ3) is 3.92. The van der Waals surface area contributed by atoms with Crippen molar-refractivity contribution < 1.29 is 14.6 Å². The number of hydrogen-bond donors (Lipinski definition) is 1. The monoisotopic (exact) mass is 335 g/mol. The van der Waals surface area contributed by atoms with Crippen molar-refractivity contribution in [1.82, 2.24) is 0 Å². The number of ether oxygens (including phenoxy) is 1. The van der Waals surface area contributed by atoms with Gasteiger partial charge in [-0.05, 0) is 25.0 Å². The van der Waals surface area contributed by atoms with Gasteiger partial charge in [-0.15, -0.1) is 0 Å². The van der Waals surface area contributed by atoms with Crippen LogP contribution in [-0.4, -0.2) is 28.3 Å². The normalized spacial score (nSPS) is 17.7. The molecule has 0 bridgehead atoms. The first-order valence-corrected chi connectivity index (χ1v) is 8.23. The average Bonchev–Trinajstić information content (AvgIpc) is 2.61. The summed E-state index contributed by atoms with van der Waals surface area (Å²) in [6, 6.07) is 19.4. The van der Waals surface area contributed by atoms with Crippen molar-refractivity contribution in [3.05, 3.63) is 84.1 Å². The van der Waals surface area contributed by atoms with Crippen LogP contribution in [0.1, 0.15) is 31.1 Å². The summed E-state index contributed by atoms with van der Waals surface area (Å²) in [4.78, 5) is 16.7. The molecule has 4 nitrogen and oxygen atoms in total. The number of benzene rings is 2. The Balaban J connectivity index is 1.99. The van der Waals surface area contributed by atoms with E-state index in [0.717, 1.165) is 11.1 Å². The molecule has 128 valence electrons. The Hall–Kier alpha value is -2.56. The summed E-state index contributed by atoms with van der Waals surface area (Å²) in [5.41, 5.74) is 0.942. The molecule has 0 saturated carbocycles. The molecule has 2 aromatic rings. The highest BCUT2D eigenvalue weighted by molar-refractivity contribution is 6.16. The van der Waals surface area contributed by atoms with Crippen LogP contribution in [0.5, 0.6) is 0 Å². The van der Waals surface area contributed by atoms with Gasteiger partial charge in [0.15, 0.2) is 11.9 Å². The van der Waals surface area contributed by atoms with Crippen LogP contribution in [-0.2, 0) is 9.53 Å². The minimum Gasteiger partial charge on any atom is -0.384 e. The maximum absolute atomic E-state index is 12.4. The van der Waals surface area contributed by atoms with Crippen LogP contribution >= 0.6 is 0 Å². The van der Waals surface area contributed by atoms with Crippen molar-refractivity contribution in [1.29, 1.82) is 0 Å². The van der Waals surface area contributed by atoms with Gasteiger partial charge in [0.05, 0.1) is 5.71 Å². The fraction of sp³-hybridized carbons (Fsp3) is 0.238. The number of ketones is 1. The molecule has 25 heavy (non-hydrogen) atoms. The molecule has 2 aromatic carbocycles. The molecule has 1 N–H and O–H groups in total. The lowest BCUT2D eigenvalue weighted by Crippen LogP contribution is -2.46. The maximum Gasteiger partial charge on any atom is 0.191 e. The number of carbonyl (C=O) groups excluding carboxylic acids is 1. The van der Waals surface area contributed by atoms with Crippen molar-refractivity contribution in [2.75, 3.05) is 0 Å². The van der Waals surface area contributed by atoms with Crippen LogP contribution in [0.4, 0.5) is 0 Å². The molecule has 0 spiro atoms. The van der Waals surface area contributed by atoms with Crippen LogP contribution in [0.2, 0.25) is 0 Å². The highest BCUT2D eigenvalue weighted by Gasteiger charge is 2.37. The standard InChI is InChI=1S/C21H21NO3/c1-21(2,24)20-19(17(23)13-14-22-20)25-18(15-9-5-3-6-10-15)16-11-7-4-8-12-16/h3-14,18-19,24H,1-2H3. The zero-order valence-corrected chi connectivity index (χ0v) is 14.3. The molecule has 1 unspecified atom stereocenters. The minimum absolute atomic E-state index is 0.219. The lowest BCUT2D eigenvalue weighted by Gasteiger charge is -2.31. The van der Waals surface area contributed by atoms with Gasteiger partial charge >= 0.3 is 0 Å². The van der Waals surface area contributed by atoms with Gasteiger partial charge in [-0.25, -0.2) is 0 Å². The van der Waals surface area contributed by atoms with E-state index in [4.69, 9.17) is 4.74 Å². The van der Waals surface area contributed by atoms with E-state index in [-0.39, 0.29) is 5.78 Å². The van der Waals surface area contributed by atoms with Crippen molar-refractivity contribution in [2.24, 2.45) is 4.99 Å². The van der Waals surface area contributed by atoms with Crippen LogP contribution < -0.4 is 0 Å². The summed E-state index contributed by atoms with van der Waals surface area (Å²) in [5.74, 6) is -0.219. The zero-order chi connectivity index (χ0) is 17.9. The number of rotatable bonds is 5. The SMILES string of the molecule is CC(C)(O)C1=NC=CC(=O)C1OC(c1ccccc1)c1ccccc1. The van der Waals surface area contributed by atoms with Crippen molar-refractivity contribution >= 4 is 11.5 Å². The van der Waals surface area contributed by atoms with Gasteiger partial charge in [0.25, 0.3) is 0 Å². The fourth-order valence-electron chi connectivity index (χ4n) is 2.83. The van der Waals surface area contributed by atoms with Crippen molar-refractivity contribution in [3.63, 3.8) is 0 Å². The molecule has 0 radical (unpaired) electrons. The number of carbonyl (C=O) groups is 1. The Morgan fingerprint density at radius 1 is 1.00 bits per heavy atom. The van der Waals surface area contributed by atoms with Gasteiger partial charge in [0.1, 0.15) is 11.7 Å². The minimum atomic E-state index is -1.25. The number of aliphatic imine (C=N–C) groups is 1. The lowest BCUT2D eigenvalue weighted by atomic mass is 9.92. The molecule has 0 fully saturated rings. The van der Waals surface area contributed by atoms with E-state index in [0.29, 0.717) is 5.71 Å². The first-order chi connectivity index (χ1) is 12.0.